The molecule has 1 aromatic carbocycles. The summed E-state index contributed by atoms with van der Waals surface area (Å²) in [4.78, 5) is 3.69. The van der Waals surface area contributed by atoms with Crippen LogP contribution >= 0.6 is 0 Å². The minimum Gasteiger partial charge on any atom is -0.406 e. The summed E-state index contributed by atoms with van der Waals surface area (Å²) in [6, 6.07) is 5.18. The Hall–Kier alpha value is -1.72. The van der Waals surface area contributed by atoms with Gasteiger partial charge >= 0.3 is 6.36 Å². The Labute approximate surface area is 84.4 Å². The van der Waals surface area contributed by atoms with E-state index in [9.17, 15) is 13.2 Å². The SMILES string of the molecule is CN=C(N)c1ccc(OC(F)(F)F)cc1. The number of hydrogen-bond acceptors (Lipinski definition) is 2. The molecule has 0 aromatic heterocycles. The van der Waals surface area contributed by atoms with Gasteiger partial charge in [-0.05, 0) is 24.3 Å². The maximum absolute atomic E-state index is 11.8. The lowest BCUT2D eigenvalue weighted by molar-refractivity contribution is -0.274. The molecule has 3 nitrogen and oxygen atoms in total. The van der Waals surface area contributed by atoms with Crippen molar-refractivity contribution in [2.75, 3.05) is 7.05 Å². The van der Waals surface area contributed by atoms with Gasteiger partial charge in [-0.15, -0.1) is 13.2 Å². The van der Waals surface area contributed by atoms with Gasteiger partial charge < -0.3 is 10.5 Å². The van der Waals surface area contributed by atoms with Gasteiger partial charge in [0.15, 0.2) is 0 Å². The van der Waals surface area contributed by atoms with Crippen LogP contribution in [0.1, 0.15) is 5.56 Å². The molecule has 0 spiro atoms. The number of benzene rings is 1. The molecular formula is C9H9F3N2O. The third-order valence-electron chi connectivity index (χ3n) is 1.62. The summed E-state index contributed by atoms with van der Waals surface area (Å²) in [6.45, 7) is 0. The molecule has 0 unspecified atom stereocenters. The fraction of sp³-hybridized carbons (Fsp3) is 0.222. The van der Waals surface area contributed by atoms with E-state index in [0.29, 0.717) is 5.56 Å². The van der Waals surface area contributed by atoms with E-state index < -0.39 is 6.36 Å². The minimum absolute atomic E-state index is 0.258. The van der Waals surface area contributed by atoms with Crippen LogP contribution in [0, 0.1) is 0 Å². The van der Waals surface area contributed by atoms with E-state index in [4.69, 9.17) is 5.73 Å². The Morgan fingerprint density at radius 3 is 2.20 bits per heavy atom. The number of aliphatic imine (C=N–C) groups is 1. The maximum Gasteiger partial charge on any atom is 0.573 e. The number of alkyl halides is 3. The van der Waals surface area contributed by atoms with Gasteiger partial charge in [-0.3, -0.25) is 4.99 Å². The molecule has 0 radical (unpaired) electrons. The van der Waals surface area contributed by atoms with E-state index in [1.54, 1.807) is 0 Å². The molecule has 6 heteroatoms. The molecule has 0 aliphatic carbocycles. The number of halogens is 3. The molecule has 2 N–H and O–H groups in total. The highest BCUT2D eigenvalue weighted by Crippen LogP contribution is 2.22. The molecule has 15 heavy (non-hydrogen) atoms. The molecule has 82 valence electrons. The van der Waals surface area contributed by atoms with Gasteiger partial charge in [-0.1, -0.05) is 0 Å². The summed E-state index contributed by atoms with van der Waals surface area (Å²) in [5.74, 6) is -0.0243. The zero-order chi connectivity index (χ0) is 11.5. The van der Waals surface area contributed by atoms with Crippen molar-refractivity contribution in [2.24, 2.45) is 10.7 Å². The van der Waals surface area contributed by atoms with Crippen molar-refractivity contribution < 1.29 is 17.9 Å². The van der Waals surface area contributed by atoms with Crippen molar-refractivity contribution in [1.82, 2.24) is 0 Å². The summed E-state index contributed by atoms with van der Waals surface area (Å²) in [5.41, 5.74) is 6.01. The first-order valence-electron chi connectivity index (χ1n) is 4.01. The Morgan fingerprint density at radius 2 is 1.80 bits per heavy atom. The van der Waals surface area contributed by atoms with Gasteiger partial charge in [0.25, 0.3) is 0 Å². The second kappa shape index (κ2) is 4.20. The average molecular weight is 218 g/mol. The molecule has 0 bridgehead atoms. The number of hydrogen-bond donors (Lipinski definition) is 1. The Bertz CT molecular complexity index is 357. The standard InChI is InChI=1S/C9H9F3N2O/c1-14-8(13)6-2-4-7(5-3-6)15-9(10,11)12/h2-5H,1H3,(H2,13,14). The van der Waals surface area contributed by atoms with Crippen LogP contribution in [0.5, 0.6) is 5.75 Å². The van der Waals surface area contributed by atoms with Crippen LogP contribution < -0.4 is 10.5 Å². The van der Waals surface area contributed by atoms with Gasteiger partial charge in [0.1, 0.15) is 11.6 Å². The summed E-state index contributed by atoms with van der Waals surface area (Å²) in [5, 5.41) is 0. The summed E-state index contributed by atoms with van der Waals surface area (Å²) in [6.07, 6.45) is -4.67. The summed E-state index contributed by atoms with van der Waals surface area (Å²) >= 11 is 0. The Balaban J connectivity index is 2.82. The zero-order valence-corrected chi connectivity index (χ0v) is 7.88. The lowest BCUT2D eigenvalue weighted by atomic mass is 10.2. The van der Waals surface area contributed by atoms with E-state index >= 15 is 0 Å². The van der Waals surface area contributed by atoms with Crippen LogP contribution in [-0.2, 0) is 0 Å². The molecule has 1 rings (SSSR count). The molecule has 0 amide bonds. The molecule has 0 saturated heterocycles. The van der Waals surface area contributed by atoms with E-state index in [1.165, 1.54) is 31.3 Å². The normalized spacial score (nSPS) is 12.7. The van der Waals surface area contributed by atoms with Gasteiger partial charge in [-0.2, -0.15) is 0 Å². The first-order valence-corrected chi connectivity index (χ1v) is 4.01. The van der Waals surface area contributed by atoms with Gasteiger partial charge in [-0.25, -0.2) is 0 Å². The third-order valence-corrected chi connectivity index (χ3v) is 1.62. The number of amidine groups is 1. The summed E-state index contributed by atoms with van der Waals surface area (Å²) in [7, 11) is 1.50. The lowest BCUT2D eigenvalue weighted by Crippen LogP contribution is -2.17. The molecule has 0 heterocycles. The average Bonchev–Trinajstić information content (AvgIpc) is 2.15. The highest BCUT2D eigenvalue weighted by Gasteiger charge is 2.30. The van der Waals surface area contributed by atoms with Gasteiger partial charge in [0.05, 0.1) is 0 Å². The van der Waals surface area contributed by atoms with Crippen molar-refractivity contribution >= 4 is 5.84 Å². The predicted molar refractivity (Wildman–Crippen MR) is 49.8 cm³/mol. The number of rotatable bonds is 2. The van der Waals surface area contributed by atoms with Crippen LogP contribution in [0.25, 0.3) is 0 Å². The summed E-state index contributed by atoms with van der Waals surface area (Å²) < 4.78 is 39.1. The van der Waals surface area contributed by atoms with E-state index in [0.717, 1.165) is 0 Å². The topological polar surface area (TPSA) is 47.6 Å². The monoisotopic (exact) mass is 218 g/mol. The Morgan fingerprint density at radius 1 is 1.27 bits per heavy atom. The highest BCUT2D eigenvalue weighted by atomic mass is 19.4. The van der Waals surface area contributed by atoms with E-state index in [1.807, 2.05) is 0 Å². The Kier molecular flexibility index (Phi) is 3.18. The zero-order valence-electron chi connectivity index (χ0n) is 7.88. The van der Waals surface area contributed by atoms with E-state index in [2.05, 4.69) is 9.73 Å². The molecule has 0 saturated carbocycles. The fourth-order valence-corrected chi connectivity index (χ4v) is 0.956. The molecule has 0 aliphatic heterocycles. The number of nitrogens with zero attached hydrogens (tertiary/aromatic N) is 1. The van der Waals surface area contributed by atoms with Crippen LogP contribution in [0.4, 0.5) is 13.2 Å². The smallest absolute Gasteiger partial charge is 0.406 e. The second-order valence-corrected chi connectivity index (χ2v) is 2.68. The molecular weight excluding hydrogens is 209 g/mol. The van der Waals surface area contributed by atoms with Crippen molar-refractivity contribution in [3.8, 4) is 5.75 Å². The molecule has 0 aliphatic rings. The number of ether oxygens (including phenoxy) is 1. The highest BCUT2D eigenvalue weighted by molar-refractivity contribution is 5.97. The van der Waals surface area contributed by atoms with Crippen molar-refractivity contribution in [1.29, 1.82) is 0 Å². The van der Waals surface area contributed by atoms with Gasteiger partial charge in [0.2, 0.25) is 0 Å². The quantitative estimate of drug-likeness (QED) is 0.609. The van der Waals surface area contributed by atoms with Crippen molar-refractivity contribution in [3.63, 3.8) is 0 Å². The lowest BCUT2D eigenvalue weighted by Gasteiger charge is -2.08. The molecule has 1 aromatic rings. The van der Waals surface area contributed by atoms with Crippen LogP contribution in [0.15, 0.2) is 29.3 Å². The third kappa shape index (κ3) is 3.49. The second-order valence-electron chi connectivity index (χ2n) is 2.68. The van der Waals surface area contributed by atoms with Crippen LogP contribution in [0.3, 0.4) is 0 Å². The predicted octanol–water partition coefficient (Wildman–Crippen LogP) is 1.92. The van der Waals surface area contributed by atoms with Crippen molar-refractivity contribution in [2.45, 2.75) is 6.36 Å². The maximum atomic E-state index is 11.8. The first kappa shape index (κ1) is 11.4. The fourth-order valence-electron chi connectivity index (χ4n) is 0.956. The van der Waals surface area contributed by atoms with Gasteiger partial charge in [0, 0.05) is 12.6 Å². The first-order chi connectivity index (χ1) is 6.92. The van der Waals surface area contributed by atoms with Crippen LogP contribution in [-0.4, -0.2) is 19.2 Å². The molecule has 0 fully saturated rings. The minimum atomic E-state index is -4.67. The number of nitrogens with two attached hydrogens (primary N) is 1. The van der Waals surface area contributed by atoms with Crippen molar-refractivity contribution in [3.05, 3.63) is 29.8 Å². The van der Waals surface area contributed by atoms with Crippen LogP contribution in [0.2, 0.25) is 0 Å². The molecule has 0 atom stereocenters. The van der Waals surface area contributed by atoms with E-state index in [-0.39, 0.29) is 11.6 Å². The largest absolute Gasteiger partial charge is 0.573 e.